The van der Waals surface area contributed by atoms with Crippen LogP contribution in [0.4, 0.5) is 5.69 Å². The molecule has 0 amide bonds. The van der Waals surface area contributed by atoms with Gasteiger partial charge in [0.2, 0.25) is 0 Å². The van der Waals surface area contributed by atoms with Gasteiger partial charge in [0.1, 0.15) is 0 Å². The van der Waals surface area contributed by atoms with Gasteiger partial charge in [-0.3, -0.25) is 10.8 Å². The van der Waals surface area contributed by atoms with Crippen LogP contribution in [-0.4, -0.2) is 4.98 Å². The zero-order valence-corrected chi connectivity index (χ0v) is 11.8. The lowest BCUT2D eigenvalue weighted by atomic mass is 10.0. The molecule has 4 heteroatoms. The van der Waals surface area contributed by atoms with Crippen molar-refractivity contribution in [2.45, 2.75) is 39.0 Å². The molecule has 1 aliphatic carbocycles. The Kier molecular flexibility index (Phi) is 3.33. The molecule has 0 saturated heterocycles. The lowest BCUT2D eigenvalue weighted by molar-refractivity contribution is 0.709. The van der Waals surface area contributed by atoms with Gasteiger partial charge in [0.05, 0.1) is 11.2 Å². The predicted octanol–water partition coefficient (Wildman–Crippen LogP) is 3.75. The molecule has 3 nitrogen and oxygen atoms in total. The maximum Gasteiger partial charge on any atom is 0.0741 e. The Balaban J connectivity index is 2.33. The van der Waals surface area contributed by atoms with Gasteiger partial charge in [-0.05, 0) is 55.9 Å². The number of halogens is 1. The monoisotopic (exact) mass is 275 g/mol. The van der Waals surface area contributed by atoms with Gasteiger partial charge in [-0.15, -0.1) is 0 Å². The van der Waals surface area contributed by atoms with E-state index in [1.165, 1.54) is 30.5 Å². The number of anilines is 1. The number of pyridine rings is 1. The van der Waals surface area contributed by atoms with E-state index in [1.54, 1.807) is 0 Å². The van der Waals surface area contributed by atoms with Crippen molar-refractivity contribution in [3.8, 4) is 0 Å². The van der Waals surface area contributed by atoms with Gasteiger partial charge in [0.15, 0.2) is 0 Å². The first-order valence-corrected chi connectivity index (χ1v) is 7.16. The number of nitrogen functional groups attached to an aromatic ring is 1. The third-order valence-electron chi connectivity index (χ3n) is 3.94. The number of hydrogen-bond acceptors (Lipinski definition) is 3. The smallest absolute Gasteiger partial charge is 0.0741 e. The molecule has 0 radical (unpaired) electrons. The van der Waals surface area contributed by atoms with Gasteiger partial charge < -0.3 is 5.43 Å². The summed E-state index contributed by atoms with van der Waals surface area (Å²) < 4.78 is 0. The number of fused-ring (bicyclic) bond motifs is 2. The van der Waals surface area contributed by atoms with Crippen molar-refractivity contribution in [2.24, 2.45) is 5.84 Å². The van der Waals surface area contributed by atoms with Gasteiger partial charge in [-0.2, -0.15) is 0 Å². The van der Waals surface area contributed by atoms with Crippen molar-refractivity contribution in [2.75, 3.05) is 5.43 Å². The number of hydrogen-bond donors (Lipinski definition) is 2. The standard InChI is InChI=1S/C15H18ClN3/c1-9-7-11-14(8-12(9)16)18-13-6-4-2-3-5-10(13)15(11)19-17/h7-8H,2-6,17H2,1H3,(H,18,19). The van der Waals surface area contributed by atoms with E-state index in [2.05, 4.69) is 11.5 Å². The van der Waals surface area contributed by atoms with Gasteiger partial charge >= 0.3 is 0 Å². The molecular formula is C15H18ClN3. The topological polar surface area (TPSA) is 50.9 Å². The molecular weight excluding hydrogens is 258 g/mol. The lowest BCUT2D eigenvalue weighted by Crippen LogP contribution is -2.12. The third-order valence-corrected chi connectivity index (χ3v) is 4.34. The number of benzene rings is 1. The zero-order valence-electron chi connectivity index (χ0n) is 11.1. The molecule has 0 bridgehead atoms. The molecule has 0 spiro atoms. The fourth-order valence-corrected chi connectivity index (χ4v) is 3.05. The van der Waals surface area contributed by atoms with Crippen LogP contribution in [0.1, 0.15) is 36.1 Å². The van der Waals surface area contributed by atoms with E-state index in [9.17, 15) is 0 Å². The number of hydrazine groups is 1. The molecule has 3 N–H and O–H groups in total. The number of nitrogens with one attached hydrogen (secondary N) is 1. The average molecular weight is 276 g/mol. The van der Waals surface area contributed by atoms with Gasteiger partial charge in [0.25, 0.3) is 0 Å². The minimum Gasteiger partial charge on any atom is -0.323 e. The van der Waals surface area contributed by atoms with Crippen LogP contribution in [0.15, 0.2) is 12.1 Å². The van der Waals surface area contributed by atoms with E-state index in [4.69, 9.17) is 22.4 Å². The second-order valence-electron chi connectivity index (χ2n) is 5.24. The molecule has 0 fully saturated rings. The van der Waals surface area contributed by atoms with E-state index in [-0.39, 0.29) is 0 Å². The van der Waals surface area contributed by atoms with E-state index in [0.717, 1.165) is 40.0 Å². The SMILES string of the molecule is Cc1cc2c(NN)c3c(nc2cc1Cl)CCCCC3. The van der Waals surface area contributed by atoms with Crippen molar-refractivity contribution < 1.29 is 0 Å². The minimum atomic E-state index is 0.761. The Morgan fingerprint density at radius 2 is 2.00 bits per heavy atom. The van der Waals surface area contributed by atoms with E-state index < -0.39 is 0 Å². The molecule has 0 aliphatic heterocycles. The molecule has 0 atom stereocenters. The Labute approximate surface area is 118 Å². The maximum absolute atomic E-state index is 6.21. The molecule has 19 heavy (non-hydrogen) atoms. The highest BCUT2D eigenvalue weighted by molar-refractivity contribution is 6.32. The van der Waals surface area contributed by atoms with Crippen LogP contribution >= 0.6 is 11.6 Å². The molecule has 1 aliphatic rings. The first-order chi connectivity index (χ1) is 9.20. The van der Waals surface area contributed by atoms with Crippen molar-refractivity contribution in [1.29, 1.82) is 0 Å². The highest BCUT2D eigenvalue weighted by atomic mass is 35.5. The summed E-state index contributed by atoms with van der Waals surface area (Å²) in [6.45, 7) is 2.01. The minimum absolute atomic E-state index is 0.761. The quantitative estimate of drug-likeness (QED) is 0.473. The van der Waals surface area contributed by atoms with Gasteiger partial charge in [0, 0.05) is 16.1 Å². The summed E-state index contributed by atoms with van der Waals surface area (Å²) in [4.78, 5) is 4.81. The van der Waals surface area contributed by atoms with Crippen LogP contribution in [0.2, 0.25) is 5.02 Å². The highest BCUT2D eigenvalue weighted by Gasteiger charge is 2.17. The van der Waals surface area contributed by atoms with Crippen molar-refractivity contribution >= 4 is 28.2 Å². The number of nitrogens with two attached hydrogens (primary N) is 1. The third kappa shape index (κ3) is 2.17. The van der Waals surface area contributed by atoms with Crippen LogP contribution < -0.4 is 11.3 Å². The molecule has 1 aromatic heterocycles. The second-order valence-corrected chi connectivity index (χ2v) is 5.64. The maximum atomic E-state index is 6.21. The fourth-order valence-electron chi connectivity index (χ4n) is 2.90. The van der Waals surface area contributed by atoms with Crippen LogP contribution in [0.25, 0.3) is 10.9 Å². The number of rotatable bonds is 1. The van der Waals surface area contributed by atoms with Gasteiger partial charge in [-0.1, -0.05) is 18.0 Å². The summed E-state index contributed by atoms with van der Waals surface area (Å²) in [5.41, 5.74) is 8.37. The van der Waals surface area contributed by atoms with Crippen molar-refractivity contribution in [3.05, 3.63) is 34.0 Å². The summed E-state index contributed by atoms with van der Waals surface area (Å²) in [6.07, 6.45) is 5.76. The van der Waals surface area contributed by atoms with Gasteiger partial charge in [-0.25, -0.2) is 0 Å². The van der Waals surface area contributed by atoms with E-state index in [0.29, 0.717) is 0 Å². The summed E-state index contributed by atoms with van der Waals surface area (Å²) in [7, 11) is 0. The molecule has 2 aromatic rings. The van der Waals surface area contributed by atoms with Crippen molar-refractivity contribution in [1.82, 2.24) is 4.98 Å². The average Bonchev–Trinajstić information content (AvgIpc) is 2.63. The normalized spacial score (nSPS) is 15.1. The van der Waals surface area contributed by atoms with Crippen LogP contribution in [0.3, 0.4) is 0 Å². The Bertz CT molecular complexity index is 637. The molecule has 1 heterocycles. The zero-order chi connectivity index (χ0) is 13.4. The fraction of sp³-hybridized carbons (Fsp3) is 0.400. The molecule has 0 unspecified atom stereocenters. The Hall–Kier alpha value is -1.32. The molecule has 1 aromatic carbocycles. The first kappa shape index (κ1) is 12.7. The van der Waals surface area contributed by atoms with E-state index in [1.807, 2.05) is 13.0 Å². The molecule has 3 rings (SSSR count). The Morgan fingerprint density at radius 3 is 2.79 bits per heavy atom. The van der Waals surface area contributed by atoms with Crippen molar-refractivity contribution in [3.63, 3.8) is 0 Å². The largest absolute Gasteiger partial charge is 0.323 e. The first-order valence-electron chi connectivity index (χ1n) is 6.79. The summed E-state index contributed by atoms with van der Waals surface area (Å²) in [6, 6.07) is 4.02. The predicted molar refractivity (Wildman–Crippen MR) is 80.6 cm³/mol. The molecule has 100 valence electrons. The number of aromatic nitrogens is 1. The van der Waals surface area contributed by atoms with E-state index >= 15 is 0 Å². The Morgan fingerprint density at radius 1 is 1.21 bits per heavy atom. The molecule has 0 saturated carbocycles. The lowest BCUT2D eigenvalue weighted by Gasteiger charge is -2.15. The number of nitrogens with zero attached hydrogens (tertiary/aromatic N) is 1. The van der Waals surface area contributed by atoms with Crippen LogP contribution in [0, 0.1) is 6.92 Å². The summed E-state index contributed by atoms with van der Waals surface area (Å²) >= 11 is 6.21. The highest BCUT2D eigenvalue weighted by Crippen LogP contribution is 2.34. The second kappa shape index (κ2) is 4.99. The van der Waals surface area contributed by atoms with Crippen LogP contribution in [-0.2, 0) is 12.8 Å². The number of aryl methyl sites for hydroxylation is 2. The summed E-state index contributed by atoms with van der Waals surface area (Å²) in [5, 5.41) is 1.83. The van der Waals surface area contributed by atoms with Crippen LogP contribution in [0.5, 0.6) is 0 Å². The summed E-state index contributed by atoms with van der Waals surface area (Å²) in [5.74, 6) is 5.77.